The van der Waals surface area contributed by atoms with E-state index in [1.807, 2.05) is 0 Å². The van der Waals surface area contributed by atoms with Gasteiger partial charge in [0.25, 0.3) is 0 Å². The molecule has 106 valence electrons. The molecule has 0 saturated heterocycles. The third-order valence-corrected chi connectivity index (χ3v) is 2.84. The van der Waals surface area contributed by atoms with Gasteiger partial charge in [0.15, 0.2) is 11.5 Å². The molecule has 6 heteroatoms. The minimum atomic E-state index is -1.07. The Morgan fingerprint density at radius 1 is 1.16 bits per heavy atom. The van der Waals surface area contributed by atoms with Crippen LogP contribution in [0.15, 0.2) is 12.1 Å². The highest BCUT2D eigenvalue weighted by Crippen LogP contribution is 2.39. The van der Waals surface area contributed by atoms with Crippen molar-refractivity contribution in [1.29, 1.82) is 0 Å². The summed E-state index contributed by atoms with van der Waals surface area (Å²) in [5.74, 6) is 0.445. The molecule has 3 N–H and O–H groups in total. The number of methoxy groups -OCH3 is 3. The highest BCUT2D eigenvalue weighted by atomic mass is 16.5. The zero-order valence-electron chi connectivity index (χ0n) is 11.5. The number of ether oxygens (including phenoxy) is 3. The van der Waals surface area contributed by atoms with Crippen molar-refractivity contribution in [2.24, 2.45) is 5.73 Å². The summed E-state index contributed by atoms with van der Waals surface area (Å²) in [7, 11) is 4.50. The van der Waals surface area contributed by atoms with E-state index >= 15 is 0 Å². The van der Waals surface area contributed by atoms with Gasteiger partial charge in [0, 0.05) is 11.6 Å². The van der Waals surface area contributed by atoms with Crippen LogP contribution < -0.4 is 19.9 Å². The Morgan fingerprint density at radius 2 is 1.63 bits per heavy atom. The molecular formula is C13H19NO5. The Bertz CT molecular complexity index is 470. The van der Waals surface area contributed by atoms with Gasteiger partial charge >= 0.3 is 5.97 Å². The number of hydrogen-bond donors (Lipinski definition) is 2. The van der Waals surface area contributed by atoms with Crippen LogP contribution in [-0.2, 0) is 10.3 Å². The van der Waals surface area contributed by atoms with E-state index in [4.69, 9.17) is 25.1 Å². The molecule has 1 unspecified atom stereocenters. The Labute approximate surface area is 112 Å². The first-order valence-electron chi connectivity index (χ1n) is 5.67. The summed E-state index contributed by atoms with van der Waals surface area (Å²) in [6.45, 7) is 1.63. The number of carboxylic acid groups (broad SMARTS) is 1. The van der Waals surface area contributed by atoms with Gasteiger partial charge < -0.3 is 25.1 Å². The molecular weight excluding hydrogens is 250 g/mol. The minimum absolute atomic E-state index is 0.223. The van der Waals surface area contributed by atoms with Gasteiger partial charge in [-0.3, -0.25) is 4.79 Å². The molecule has 0 amide bonds. The smallest absolute Gasteiger partial charge is 0.305 e. The second kappa shape index (κ2) is 5.79. The molecule has 0 aliphatic heterocycles. The molecule has 0 saturated carbocycles. The Hall–Kier alpha value is -1.95. The summed E-state index contributed by atoms with van der Waals surface area (Å²) in [5, 5.41) is 8.92. The normalized spacial score (nSPS) is 13.5. The van der Waals surface area contributed by atoms with E-state index in [-0.39, 0.29) is 6.42 Å². The molecule has 0 fully saturated rings. The van der Waals surface area contributed by atoms with E-state index in [0.717, 1.165) is 0 Å². The zero-order valence-corrected chi connectivity index (χ0v) is 11.5. The Balaban J connectivity index is 3.36. The molecule has 0 heterocycles. The van der Waals surface area contributed by atoms with Gasteiger partial charge in [-0.1, -0.05) is 0 Å². The number of nitrogens with two attached hydrogens (primary N) is 1. The van der Waals surface area contributed by atoms with E-state index in [9.17, 15) is 4.79 Å². The number of benzene rings is 1. The largest absolute Gasteiger partial charge is 0.496 e. The van der Waals surface area contributed by atoms with Crippen LogP contribution in [0.1, 0.15) is 18.9 Å². The van der Waals surface area contributed by atoms with Crippen molar-refractivity contribution in [3.05, 3.63) is 17.7 Å². The van der Waals surface area contributed by atoms with E-state index in [0.29, 0.717) is 22.8 Å². The maximum absolute atomic E-state index is 10.9. The summed E-state index contributed by atoms with van der Waals surface area (Å²) in [6.07, 6.45) is -0.223. The van der Waals surface area contributed by atoms with Crippen molar-refractivity contribution >= 4 is 5.97 Å². The number of hydrogen-bond acceptors (Lipinski definition) is 5. The van der Waals surface area contributed by atoms with Crippen LogP contribution in [0.3, 0.4) is 0 Å². The van der Waals surface area contributed by atoms with Crippen molar-refractivity contribution < 1.29 is 24.1 Å². The van der Waals surface area contributed by atoms with Gasteiger partial charge in [0.1, 0.15) is 5.75 Å². The standard InChI is InChI=1S/C13H19NO5/c1-13(14,7-12(15)16)8-5-10(18-3)11(19-4)6-9(8)17-2/h5-6H,7,14H2,1-4H3,(H,15,16). The lowest BCUT2D eigenvalue weighted by atomic mass is 9.88. The molecule has 0 radical (unpaired) electrons. The third kappa shape index (κ3) is 3.29. The van der Waals surface area contributed by atoms with Crippen molar-refractivity contribution in [3.8, 4) is 17.2 Å². The predicted molar refractivity (Wildman–Crippen MR) is 69.9 cm³/mol. The molecule has 0 spiro atoms. The SMILES string of the molecule is COc1cc(OC)c(C(C)(N)CC(=O)O)cc1OC. The van der Waals surface area contributed by atoms with Gasteiger partial charge in [-0.05, 0) is 13.0 Å². The van der Waals surface area contributed by atoms with Gasteiger partial charge in [0.2, 0.25) is 0 Å². The van der Waals surface area contributed by atoms with E-state index < -0.39 is 11.5 Å². The van der Waals surface area contributed by atoms with Crippen LogP contribution in [0.2, 0.25) is 0 Å². The summed E-state index contributed by atoms with van der Waals surface area (Å²) >= 11 is 0. The lowest BCUT2D eigenvalue weighted by molar-refractivity contribution is -0.138. The molecule has 6 nitrogen and oxygen atoms in total. The highest BCUT2D eigenvalue weighted by molar-refractivity contribution is 5.69. The zero-order chi connectivity index (χ0) is 14.6. The molecule has 1 rings (SSSR count). The van der Waals surface area contributed by atoms with Crippen LogP contribution in [0.5, 0.6) is 17.2 Å². The maximum atomic E-state index is 10.9. The lowest BCUT2D eigenvalue weighted by Crippen LogP contribution is -2.36. The fourth-order valence-electron chi connectivity index (χ4n) is 1.88. The van der Waals surface area contributed by atoms with Gasteiger partial charge in [-0.15, -0.1) is 0 Å². The van der Waals surface area contributed by atoms with Crippen molar-refractivity contribution in [1.82, 2.24) is 0 Å². The van der Waals surface area contributed by atoms with Crippen LogP contribution >= 0.6 is 0 Å². The highest BCUT2D eigenvalue weighted by Gasteiger charge is 2.29. The summed E-state index contributed by atoms with van der Waals surface area (Å²) < 4.78 is 15.6. The first-order valence-corrected chi connectivity index (χ1v) is 5.67. The number of carbonyl (C=O) groups is 1. The van der Waals surface area contributed by atoms with Crippen LogP contribution in [-0.4, -0.2) is 32.4 Å². The first-order chi connectivity index (χ1) is 8.85. The van der Waals surface area contributed by atoms with Crippen molar-refractivity contribution in [2.45, 2.75) is 18.9 Å². The van der Waals surface area contributed by atoms with Gasteiger partial charge in [0.05, 0.1) is 33.3 Å². The summed E-state index contributed by atoms with van der Waals surface area (Å²) in [4.78, 5) is 10.9. The fourth-order valence-corrected chi connectivity index (χ4v) is 1.88. The van der Waals surface area contributed by atoms with Crippen LogP contribution in [0.4, 0.5) is 0 Å². The maximum Gasteiger partial charge on any atom is 0.305 e. The second-order valence-corrected chi connectivity index (χ2v) is 4.40. The molecule has 0 aliphatic carbocycles. The molecule has 1 aromatic carbocycles. The van der Waals surface area contributed by atoms with E-state index in [2.05, 4.69) is 0 Å². The monoisotopic (exact) mass is 269 g/mol. The summed E-state index contributed by atoms with van der Waals surface area (Å²) in [5.41, 5.74) is 5.55. The lowest BCUT2D eigenvalue weighted by Gasteiger charge is -2.26. The molecule has 1 aromatic rings. The van der Waals surface area contributed by atoms with Crippen LogP contribution in [0, 0.1) is 0 Å². The predicted octanol–water partition coefficient (Wildman–Crippen LogP) is 1.36. The number of aliphatic carboxylic acids is 1. The Kier molecular flexibility index (Phi) is 4.61. The first kappa shape index (κ1) is 15.1. The molecule has 0 bridgehead atoms. The van der Waals surface area contributed by atoms with Gasteiger partial charge in [-0.2, -0.15) is 0 Å². The average Bonchev–Trinajstić information content (AvgIpc) is 2.35. The average molecular weight is 269 g/mol. The van der Waals surface area contributed by atoms with Crippen molar-refractivity contribution in [3.63, 3.8) is 0 Å². The second-order valence-electron chi connectivity index (χ2n) is 4.40. The quantitative estimate of drug-likeness (QED) is 0.810. The number of carboxylic acids is 1. The van der Waals surface area contributed by atoms with Gasteiger partial charge in [-0.25, -0.2) is 0 Å². The molecule has 0 aromatic heterocycles. The fraction of sp³-hybridized carbons (Fsp3) is 0.462. The number of rotatable bonds is 6. The molecule has 1 atom stereocenters. The summed E-state index contributed by atoms with van der Waals surface area (Å²) in [6, 6.07) is 3.27. The minimum Gasteiger partial charge on any atom is -0.496 e. The molecule has 19 heavy (non-hydrogen) atoms. The third-order valence-electron chi connectivity index (χ3n) is 2.84. The van der Waals surface area contributed by atoms with Crippen LogP contribution in [0.25, 0.3) is 0 Å². The van der Waals surface area contributed by atoms with Crippen molar-refractivity contribution in [2.75, 3.05) is 21.3 Å². The van der Waals surface area contributed by atoms with E-state index in [1.54, 1.807) is 19.1 Å². The Morgan fingerprint density at radius 3 is 2.05 bits per heavy atom. The van der Waals surface area contributed by atoms with E-state index in [1.165, 1.54) is 21.3 Å². The topological polar surface area (TPSA) is 91.0 Å². The molecule has 0 aliphatic rings.